The first kappa shape index (κ1) is 28.1. The maximum Gasteiger partial charge on any atom is 0.0509 e. The van der Waals surface area contributed by atoms with E-state index in [2.05, 4.69) is 13.8 Å². The molecule has 0 aromatic carbocycles. The normalized spacial score (nSPS) is 11.7. The van der Waals surface area contributed by atoms with E-state index in [-0.39, 0.29) is 12.2 Å². The third-order valence-electron chi connectivity index (χ3n) is 2.20. The molecule has 2 unspecified atom stereocenters. The lowest BCUT2D eigenvalue weighted by molar-refractivity contribution is 0.190. The molecule has 128 valence electrons. The van der Waals surface area contributed by atoms with Crippen molar-refractivity contribution in [2.45, 2.75) is 92.3 Å². The fraction of sp³-hybridized carbons (Fsp3) is 1.00. The van der Waals surface area contributed by atoms with Crippen LogP contribution in [-0.4, -0.2) is 45.8 Å². The highest BCUT2D eigenvalue weighted by Crippen LogP contribution is 1.82. The highest BCUT2D eigenvalue weighted by molar-refractivity contribution is 4.34. The van der Waals surface area contributed by atoms with E-state index in [4.69, 9.17) is 20.4 Å². The zero-order valence-electron chi connectivity index (χ0n) is 14.6. The number of unbranched alkanes of at least 4 members (excludes halogenated alkanes) is 2. The van der Waals surface area contributed by atoms with Crippen molar-refractivity contribution in [2.24, 2.45) is 0 Å². The molecule has 0 saturated carbocycles. The zero-order chi connectivity index (χ0) is 16.8. The Bertz CT molecular complexity index is 99.0. The van der Waals surface area contributed by atoms with Crippen molar-refractivity contribution in [1.29, 1.82) is 0 Å². The zero-order valence-corrected chi connectivity index (χ0v) is 14.6. The van der Waals surface area contributed by atoms with Gasteiger partial charge in [0.25, 0.3) is 0 Å². The van der Waals surface area contributed by atoms with Crippen molar-refractivity contribution in [3.05, 3.63) is 0 Å². The van der Waals surface area contributed by atoms with Crippen LogP contribution in [0.15, 0.2) is 0 Å². The number of hydrogen-bond donors (Lipinski definition) is 4. The van der Waals surface area contributed by atoms with Crippen LogP contribution in [0.3, 0.4) is 0 Å². The number of aliphatic hydroxyl groups is 4. The van der Waals surface area contributed by atoms with Crippen LogP contribution in [0.2, 0.25) is 0 Å². The minimum absolute atomic E-state index is 0.116. The van der Waals surface area contributed by atoms with E-state index >= 15 is 0 Å². The smallest absolute Gasteiger partial charge is 0.0509 e. The van der Waals surface area contributed by atoms with Crippen LogP contribution in [0.25, 0.3) is 0 Å². The van der Waals surface area contributed by atoms with E-state index in [1.54, 1.807) is 13.8 Å². The van der Waals surface area contributed by atoms with Crippen LogP contribution in [0.1, 0.15) is 80.1 Å². The molecule has 2 atom stereocenters. The Morgan fingerprint density at radius 3 is 0.850 bits per heavy atom. The third kappa shape index (κ3) is 82.3. The number of rotatable bonds is 6. The molecular formula is C16H40O4. The molecule has 0 amide bonds. The Kier molecular flexibility index (Phi) is 43.9. The van der Waals surface area contributed by atoms with Gasteiger partial charge in [-0.15, -0.1) is 0 Å². The summed E-state index contributed by atoms with van der Waals surface area (Å²) in [5, 5.41) is 32.9. The van der Waals surface area contributed by atoms with Crippen LogP contribution in [0, 0.1) is 0 Å². The van der Waals surface area contributed by atoms with Gasteiger partial charge in [-0.05, 0) is 39.5 Å². The van der Waals surface area contributed by atoms with E-state index in [1.165, 1.54) is 0 Å². The molecule has 0 aromatic heterocycles. The predicted octanol–water partition coefficient (Wildman–Crippen LogP) is 3.11. The van der Waals surface area contributed by atoms with Crippen LogP contribution in [0.5, 0.6) is 0 Å². The average Bonchev–Trinajstić information content (AvgIpc) is 2.42. The fourth-order valence-corrected chi connectivity index (χ4v) is 0.316. The highest BCUT2D eigenvalue weighted by Gasteiger charge is 1.82. The summed E-state index contributed by atoms with van der Waals surface area (Å²) in [6.45, 7) is 12.2. The molecule has 0 aliphatic heterocycles. The summed E-state index contributed by atoms with van der Waals surface area (Å²) < 4.78 is 0. The SMILES string of the molecule is CCC(C)O.CCC(C)O.CCCCO.CCCCO. The molecule has 20 heavy (non-hydrogen) atoms. The first-order valence-electron chi connectivity index (χ1n) is 7.95. The van der Waals surface area contributed by atoms with Crippen LogP contribution in [-0.2, 0) is 0 Å². The van der Waals surface area contributed by atoms with E-state index in [9.17, 15) is 0 Å². The van der Waals surface area contributed by atoms with E-state index in [0.717, 1.165) is 38.5 Å². The molecule has 0 radical (unpaired) electrons. The molecule has 0 fully saturated rings. The summed E-state index contributed by atoms with van der Waals surface area (Å²) in [4.78, 5) is 0. The molecule has 0 spiro atoms. The van der Waals surface area contributed by atoms with Gasteiger partial charge in [0.05, 0.1) is 12.2 Å². The van der Waals surface area contributed by atoms with Gasteiger partial charge in [-0.1, -0.05) is 40.5 Å². The van der Waals surface area contributed by atoms with Gasteiger partial charge in [-0.3, -0.25) is 0 Å². The summed E-state index contributed by atoms with van der Waals surface area (Å²) >= 11 is 0. The van der Waals surface area contributed by atoms with Gasteiger partial charge < -0.3 is 20.4 Å². The van der Waals surface area contributed by atoms with Crippen molar-refractivity contribution in [2.75, 3.05) is 13.2 Å². The molecule has 4 nitrogen and oxygen atoms in total. The molecule has 0 aliphatic carbocycles. The van der Waals surface area contributed by atoms with E-state index < -0.39 is 0 Å². The van der Waals surface area contributed by atoms with Gasteiger partial charge in [0, 0.05) is 13.2 Å². The second-order valence-electron chi connectivity index (χ2n) is 4.67. The molecular weight excluding hydrogens is 256 g/mol. The van der Waals surface area contributed by atoms with Gasteiger partial charge in [0.15, 0.2) is 0 Å². The van der Waals surface area contributed by atoms with E-state index in [1.807, 2.05) is 13.8 Å². The van der Waals surface area contributed by atoms with Gasteiger partial charge >= 0.3 is 0 Å². The van der Waals surface area contributed by atoms with Crippen molar-refractivity contribution in [3.8, 4) is 0 Å². The molecule has 0 heterocycles. The molecule has 0 rings (SSSR count). The summed E-state index contributed by atoms with van der Waals surface area (Å²) in [5.41, 5.74) is 0. The molecule has 0 saturated heterocycles. The van der Waals surface area contributed by atoms with Gasteiger partial charge in [-0.25, -0.2) is 0 Å². The lowest BCUT2D eigenvalue weighted by Gasteiger charge is -1.90. The summed E-state index contributed by atoms with van der Waals surface area (Å²) in [6, 6.07) is 0. The number of hydrogen-bond acceptors (Lipinski definition) is 4. The Labute approximate surface area is 126 Å². The Morgan fingerprint density at radius 2 is 0.850 bits per heavy atom. The van der Waals surface area contributed by atoms with Gasteiger partial charge in [-0.2, -0.15) is 0 Å². The largest absolute Gasteiger partial charge is 0.396 e. The van der Waals surface area contributed by atoms with Crippen LogP contribution in [0.4, 0.5) is 0 Å². The Hall–Kier alpha value is -0.160. The maximum atomic E-state index is 8.36. The van der Waals surface area contributed by atoms with Crippen molar-refractivity contribution in [3.63, 3.8) is 0 Å². The van der Waals surface area contributed by atoms with Crippen molar-refractivity contribution < 1.29 is 20.4 Å². The second-order valence-corrected chi connectivity index (χ2v) is 4.67. The highest BCUT2D eigenvalue weighted by atomic mass is 16.3. The Morgan fingerprint density at radius 1 is 0.650 bits per heavy atom. The summed E-state index contributed by atoms with van der Waals surface area (Å²) in [7, 11) is 0. The second kappa shape index (κ2) is 31.3. The third-order valence-corrected chi connectivity index (χ3v) is 2.20. The van der Waals surface area contributed by atoms with Crippen LogP contribution >= 0.6 is 0 Å². The quantitative estimate of drug-likeness (QED) is 0.607. The van der Waals surface area contributed by atoms with Crippen molar-refractivity contribution >= 4 is 0 Å². The first-order valence-corrected chi connectivity index (χ1v) is 7.95. The summed E-state index contributed by atoms with van der Waals surface area (Å²) in [6.07, 6.45) is 5.57. The standard InChI is InChI=1S/4C4H10O/c2*1-3-4(2)5;2*1-2-3-4-5/h2*4-5H,3H2,1-2H3;2*5H,2-4H2,1H3. The maximum absolute atomic E-state index is 8.36. The summed E-state index contributed by atoms with van der Waals surface area (Å²) in [5.74, 6) is 0. The molecule has 4 N–H and O–H groups in total. The van der Waals surface area contributed by atoms with Crippen molar-refractivity contribution in [1.82, 2.24) is 0 Å². The molecule has 0 aromatic rings. The molecule has 0 bridgehead atoms. The minimum atomic E-state index is -0.116. The molecule has 0 aliphatic rings. The topological polar surface area (TPSA) is 80.9 Å². The minimum Gasteiger partial charge on any atom is -0.396 e. The predicted molar refractivity (Wildman–Crippen MR) is 87.9 cm³/mol. The fourth-order valence-electron chi connectivity index (χ4n) is 0.316. The Balaban J connectivity index is -0.0000000853. The lowest BCUT2D eigenvalue weighted by Crippen LogP contribution is -1.93. The average molecular weight is 296 g/mol. The van der Waals surface area contributed by atoms with Gasteiger partial charge in [0.2, 0.25) is 0 Å². The first-order chi connectivity index (χ1) is 9.37. The van der Waals surface area contributed by atoms with Gasteiger partial charge in [0.1, 0.15) is 0 Å². The molecule has 4 heteroatoms. The monoisotopic (exact) mass is 296 g/mol. The number of aliphatic hydroxyl groups excluding tert-OH is 4. The lowest BCUT2D eigenvalue weighted by atomic mass is 10.3. The van der Waals surface area contributed by atoms with Crippen LogP contribution < -0.4 is 0 Å². The van der Waals surface area contributed by atoms with E-state index in [0.29, 0.717) is 13.2 Å².